The van der Waals surface area contributed by atoms with E-state index in [1.54, 1.807) is 26.5 Å². The van der Waals surface area contributed by atoms with Crippen LogP contribution in [-0.4, -0.2) is 55.0 Å². The molecule has 8 nitrogen and oxygen atoms in total. The molecule has 2 aromatic heterocycles. The fourth-order valence-electron chi connectivity index (χ4n) is 2.30. The molecule has 132 valence electrons. The average molecular weight is 336 g/mol. The summed E-state index contributed by atoms with van der Waals surface area (Å²) in [6, 6.07) is 1.77. The van der Waals surface area contributed by atoms with Crippen molar-refractivity contribution in [2.75, 3.05) is 39.4 Å². The monoisotopic (exact) mass is 336 g/mol. The van der Waals surface area contributed by atoms with Crippen molar-refractivity contribution in [1.82, 2.24) is 15.0 Å². The lowest BCUT2D eigenvalue weighted by Gasteiger charge is -2.18. The van der Waals surface area contributed by atoms with Gasteiger partial charge in [0.1, 0.15) is 5.65 Å². The van der Waals surface area contributed by atoms with Crippen LogP contribution in [0.2, 0.25) is 0 Å². The Morgan fingerprint density at radius 3 is 2.58 bits per heavy atom. The summed E-state index contributed by atoms with van der Waals surface area (Å²) in [6.45, 7) is 3.51. The molecular weight excluding hydrogens is 312 g/mol. The molecule has 2 heterocycles. The molecule has 2 rings (SSSR count). The van der Waals surface area contributed by atoms with Crippen LogP contribution in [-0.2, 0) is 9.47 Å². The third kappa shape index (κ3) is 4.90. The van der Waals surface area contributed by atoms with Crippen molar-refractivity contribution in [2.24, 2.45) is 0 Å². The maximum Gasteiger partial charge on any atom is 0.291 e. The Hall–Kier alpha value is -2.19. The topological polar surface area (TPSA) is 98.4 Å². The first-order chi connectivity index (χ1) is 11.7. The summed E-state index contributed by atoms with van der Waals surface area (Å²) >= 11 is 0. The summed E-state index contributed by atoms with van der Waals surface area (Å²) < 4.78 is 15.5. The Morgan fingerprint density at radius 2 is 1.96 bits per heavy atom. The van der Waals surface area contributed by atoms with Gasteiger partial charge in [0.15, 0.2) is 5.75 Å². The molecule has 2 N–H and O–H groups in total. The lowest BCUT2D eigenvalue weighted by atomic mass is 10.1. The van der Waals surface area contributed by atoms with E-state index in [1.807, 2.05) is 6.92 Å². The van der Waals surface area contributed by atoms with Crippen molar-refractivity contribution < 1.29 is 14.2 Å². The number of rotatable bonds is 10. The van der Waals surface area contributed by atoms with Gasteiger partial charge in [0, 0.05) is 45.1 Å². The first-order valence-corrected chi connectivity index (χ1v) is 7.95. The number of aromatic nitrogens is 3. The number of nitrogens with one attached hydrogen (secondary N) is 2. The van der Waals surface area contributed by atoms with E-state index < -0.39 is 0 Å². The number of anilines is 1. The largest absolute Gasteiger partial charge is 0.488 e. The molecule has 0 spiro atoms. The quantitative estimate of drug-likeness (QED) is 0.679. The fourth-order valence-corrected chi connectivity index (χ4v) is 2.30. The molecule has 0 aromatic carbocycles. The Balaban J connectivity index is 2.18. The predicted molar refractivity (Wildman–Crippen MR) is 91.7 cm³/mol. The first kappa shape index (κ1) is 18.2. The summed E-state index contributed by atoms with van der Waals surface area (Å²) in [4.78, 5) is 23.4. The minimum atomic E-state index is -0.302. The van der Waals surface area contributed by atoms with Crippen LogP contribution in [0.15, 0.2) is 17.1 Å². The van der Waals surface area contributed by atoms with Gasteiger partial charge in [0.2, 0.25) is 5.95 Å². The van der Waals surface area contributed by atoms with Gasteiger partial charge in [-0.25, -0.2) is 4.98 Å². The molecule has 0 saturated carbocycles. The number of aromatic amines is 1. The standard InChI is InChI=1S/C16H24N4O4/c1-4-24-13-9-11-10-17-16(20-14(11)19-15(13)21)18-12(5-7-22-2)6-8-23-3/h9-10,12H,4-8H2,1-3H3,(H2,17,18,19,20,21). The highest BCUT2D eigenvalue weighted by Crippen LogP contribution is 2.15. The summed E-state index contributed by atoms with van der Waals surface area (Å²) in [5.41, 5.74) is 0.169. The molecule has 0 unspecified atom stereocenters. The molecule has 0 saturated heterocycles. The zero-order valence-corrected chi connectivity index (χ0v) is 14.3. The molecule has 8 heteroatoms. The third-order valence-corrected chi connectivity index (χ3v) is 3.53. The number of pyridine rings is 1. The second kappa shape index (κ2) is 9.19. The number of nitrogens with zero attached hydrogens (tertiary/aromatic N) is 2. The Bertz CT molecular complexity index is 696. The van der Waals surface area contributed by atoms with Crippen molar-refractivity contribution in [2.45, 2.75) is 25.8 Å². The van der Waals surface area contributed by atoms with Crippen LogP contribution in [0.25, 0.3) is 11.0 Å². The molecule has 0 fully saturated rings. The van der Waals surface area contributed by atoms with Gasteiger partial charge < -0.3 is 24.5 Å². The first-order valence-electron chi connectivity index (χ1n) is 7.95. The summed E-state index contributed by atoms with van der Waals surface area (Å²) in [5, 5.41) is 3.98. The van der Waals surface area contributed by atoms with Gasteiger partial charge in [-0.1, -0.05) is 0 Å². The van der Waals surface area contributed by atoms with E-state index in [9.17, 15) is 4.79 Å². The SMILES string of the molecule is CCOc1cc2cnc(NC(CCOC)CCOC)nc2[nH]c1=O. The number of hydrogen-bond donors (Lipinski definition) is 2. The van der Waals surface area contributed by atoms with Gasteiger partial charge in [-0.2, -0.15) is 4.98 Å². The van der Waals surface area contributed by atoms with Crippen molar-refractivity contribution in [1.29, 1.82) is 0 Å². The van der Waals surface area contributed by atoms with Crippen LogP contribution < -0.4 is 15.6 Å². The second-order valence-electron chi connectivity index (χ2n) is 5.30. The highest BCUT2D eigenvalue weighted by molar-refractivity contribution is 5.75. The molecule has 2 aromatic rings. The summed E-state index contributed by atoms with van der Waals surface area (Å²) in [7, 11) is 3.33. The highest BCUT2D eigenvalue weighted by Gasteiger charge is 2.11. The van der Waals surface area contributed by atoms with Crippen molar-refractivity contribution >= 4 is 17.0 Å². The molecule has 0 aliphatic heterocycles. The average Bonchev–Trinajstić information content (AvgIpc) is 2.58. The lowest BCUT2D eigenvalue weighted by molar-refractivity contribution is 0.167. The number of methoxy groups -OCH3 is 2. The van der Waals surface area contributed by atoms with Gasteiger partial charge in [-0.15, -0.1) is 0 Å². The number of fused-ring (bicyclic) bond motifs is 1. The Kier molecular flexibility index (Phi) is 6.95. The minimum absolute atomic E-state index is 0.122. The number of ether oxygens (including phenoxy) is 3. The van der Waals surface area contributed by atoms with Crippen molar-refractivity contribution in [3.63, 3.8) is 0 Å². The number of H-pyrrole nitrogens is 1. The number of hydrogen-bond acceptors (Lipinski definition) is 7. The van der Waals surface area contributed by atoms with Crippen LogP contribution in [0.1, 0.15) is 19.8 Å². The van der Waals surface area contributed by atoms with E-state index in [0.717, 1.165) is 12.8 Å². The zero-order valence-electron chi connectivity index (χ0n) is 14.3. The van der Waals surface area contributed by atoms with Crippen LogP contribution in [0.5, 0.6) is 5.75 Å². The molecule has 24 heavy (non-hydrogen) atoms. The van der Waals surface area contributed by atoms with Crippen LogP contribution in [0, 0.1) is 0 Å². The fraction of sp³-hybridized carbons (Fsp3) is 0.562. The highest BCUT2D eigenvalue weighted by atomic mass is 16.5. The van der Waals surface area contributed by atoms with Crippen LogP contribution in [0.4, 0.5) is 5.95 Å². The lowest BCUT2D eigenvalue weighted by Crippen LogP contribution is -2.24. The van der Waals surface area contributed by atoms with Gasteiger partial charge in [0.05, 0.1) is 6.61 Å². The second-order valence-corrected chi connectivity index (χ2v) is 5.30. The minimum Gasteiger partial charge on any atom is -0.488 e. The van der Waals surface area contributed by atoms with E-state index in [-0.39, 0.29) is 17.4 Å². The predicted octanol–water partition coefficient (Wildman–Crippen LogP) is 1.57. The normalized spacial score (nSPS) is 11.2. The van der Waals surface area contributed by atoms with E-state index in [0.29, 0.717) is 36.8 Å². The van der Waals surface area contributed by atoms with Crippen LogP contribution >= 0.6 is 0 Å². The van der Waals surface area contributed by atoms with E-state index >= 15 is 0 Å². The van der Waals surface area contributed by atoms with Gasteiger partial charge in [-0.05, 0) is 25.8 Å². The maximum atomic E-state index is 11.9. The van der Waals surface area contributed by atoms with Gasteiger partial charge >= 0.3 is 0 Å². The van der Waals surface area contributed by atoms with Crippen molar-refractivity contribution in [3.8, 4) is 5.75 Å². The zero-order chi connectivity index (χ0) is 17.4. The smallest absolute Gasteiger partial charge is 0.291 e. The molecule has 0 amide bonds. The van der Waals surface area contributed by atoms with Crippen LogP contribution in [0.3, 0.4) is 0 Å². The van der Waals surface area contributed by atoms with Gasteiger partial charge in [-0.3, -0.25) is 4.79 Å². The van der Waals surface area contributed by atoms with E-state index in [4.69, 9.17) is 14.2 Å². The Morgan fingerprint density at radius 1 is 1.25 bits per heavy atom. The van der Waals surface area contributed by atoms with E-state index in [2.05, 4.69) is 20.3 Å². The summed E-state index contributed by atoms with van der Waals surface area (Å²) in [5.74, 6) is 0.729. The summed E-state index contributed by atoms with van der Waals surface area (Å²) in [6.07, 6.45) is 3.27. The maximum absolute atomic E-state index is 11.9. The molecule has 0 bridgehead atoms. The molecule has 0 aliphatic carbocycles. The molecule has 0 atom stereocenters. The third-order valence-electron chi connectivity index (χ3n) is 3.53. The van der Waals surface area contributed by atoms with Gasteiger partial charge in [0.25, 0.3) is 5.56 Å². The van der Waals surface area contributed by atoms with Crippen molar-refractivity contribution in [3.05, 3.63) is 22.6 Å². The molecule has 0 aliphatic rings. The molecular formula is C16H24N4O4. The Labute approximate surface area is 140 Å². The van der Waals surface area contributed by atoms with E-state index in [1.165, 1.54) is 0 Å². The molecule has 0 radical (unpaired) electrons.